The number of methoxy groups -OCH3 is 1. The number of carbonyl (C=O) groups excluding carboxylic acids is 3. The largest absolute Gasteiger partial charge is 0.468 e. The Balaban J connectivity index is 4.22. The molecule has 0 aliphatic heterocycles. The third-order valence-corrected chi connectivity index (χ3v) is 7.51. The average molecular weight is 580 g/mol. The zero-order valence-electron chi connectivity index (χ0n) is 27.5. The summed E-state index contributed by atoms with van der Waals surface area (Å²) < 4.78 is 10.3. The van der Waals surface area contributed by atoms with E-state index >= 15 is 0 Å². The van der Waals surface area contributed by atoms with E-state index in [0.717, 1.165) is 31.1 Å². The maximum atomic E-state index is 12.5. The Morgan fingerprint density at radius 1 is 0.610 bits per heavy atom. The van der Waals surface area contributed by atoms with Gasteiger partial charge in [-0.2, -0.15) is 0 Å². The van der Waals surface area contributed by atoms with E-state index in [9.17, 15) is 14.4 Å². The molecule has 0 heterocycles. The van der Waals surface area contributed by atoms with E-state index in [1.165, 1.54) is 97.0 Å². The van der Waals surface area contributed by atoms with Gasteiger partial charge in [-0.05, 0) is 43.9 Å². The number of rotatable bonds is 28. The van der Waals surface area contributed by atoms with Gasteiger partial charge in [-0.3, -0.25) is 14.4 Å². The van der Waals surface area contributed by atoms with E-state index in [1.54, 1.807) is 0 Å². The first-order valence-electron chi connectivity index (χ1n) is 16.9. The smallest absolute Gasteiger partial charge is 0.325 e. The van der Waals surface area contributed by atoms with Crippen LogP contribution < -0.4 is 5.32 Å². The summed E-state index contributed by atoms with van der Waals surface area (Å²) in [6, 6.07) is 0. The van der Waals surface area contributed by atoms with Crippen molar-refractivity contribution < 1.29 is 23.9 Å². The second-order valence-electron chi connectivity index (χ2n) is 12.6. The Morgan fingerprint density at radius 3 is 1.59 bits per heavy atom. The van der Waals surface area contributed by atoms with Gasteiger partial charge < -0.3 is 14.8 Å². The minimum atomic E-state index is -0.496. The molecule has 0 unspecified atom stereocenters. The van der Waals surface area contributed by atoms with Crippen LogP contribution in [-0.2, 0) is 23.9 Å². The fraction of sp³-hybridized carbons (Fsp3) is 0.857. The van der Waals surface area contributed by atoms with E-state index in [4.69, 9.17) is 4.74 Å². The molecule has 0 bridgehead atoms. The van der Waals surface area contributed by atoms with Crippen LogP contribution >= 0.6 is 0 Å². The van der Waals surface area contributed by atoms with Gasteiger partial charge in [0.2, 0.25) is 5.91 Å². The van der Waals surface area contributed by atoms with Crippen LogP contribution in [0, 0.1) is 11.8 Å². The van der Waals surface area contributed by atoms with Crippen molar-refractivity contribution in [2.75, 3.05) is 13.7 Å². The highest BCUT2D eigenvalue weighted by atomic mass is 16.5. The van der Waals surface area contributed by atoms with E-state index in [0.29, 0.717) is 19.3 Å². The van der Waals surface area contributed by atoms with Crippen molar-refractivity contribution in [3.8, 4) is 0 Å². The lowest BCUT2D eigenvalue weighted by molar-refractivity contribution is -0.151. The van der Waals surface area contributed by atoms with Gasteiger partial charge in [0.05, 0.1) is 13.5 Å². The van der Waals surface area contributed by atoms with Gasteiger partial charge in [0.1, 0.15) is 12.6 Å². The first kappa shape index (κ1) is 39.1. The molecule has 0 aromatic carbocycles. The molecule has 0 spiro atoms. The van der Waals surface area contributed by atoms with Gasteiger partial charge in [-0.15, -0.1) is 0 Å². The highest BCUT2D eigenvalue weighted by molar-refractivity contribution is 5.82. The van der Waals surface area contributed by atoms with Crippen molar-refractivity contribution in [3.63, 3.8) is 0 Å². The Labute approximate surface area is 253 Å². The third-order valence-electron chi connectivity index (χ3n) is 7.51. The molecule has 0 saturated heterocycles. The van der Waals surface area contributed by atoms with Gasteiger partial charge in [0.15, 0.2) is 0 Å². The number of hydrogen-bond donors (Lipinski definition) is 1. The standard InChI is InChI=1S/C35H65NO5/c1-30(2)24-20-16-12-8-6-10-14-18-22-26-32(28-33(37)36-29-35(39)40-5)41-34(38)27-23-19-15-11-7-9-13-17-21-25-31(3)4/h15,19,30-32H,6-14,16-18,20-29H2,1-5H3,(H,36,37)/b19-15-/t32-/m1/s1. The van der Waals surface area contributed by atoms with Gasteiger partial charge in [0, 0.05) is 6.42 Å². The first-order valence-corrected chi connectivity index (χ1v) is 16.9. The number of amides is 1. The second kappa shape index (κ2) is 28.3. The lowest BCUT2D eigenvalue weighted by Crippen LogP contribution is -2.33. The normalized spacial score (nSPS) is 12.3. The lowest BCUT2D eigenvalue weighted by atomic mass is 10.0. The second-order valence-corrected chi connectivity index (χ2v) is 12.6. The molecule has 0 fully saturated rings. The van der Waals surface area contributed by atoms with E-state index < -0.39 is 12.1 Å². The molecule has 1 amide bonds. The number of esters is 2. The first-order chi connectivity index (χ1) is 19.7. The molecule has 6 heteroatoms. The van der Waals surface area contributed by atoms with Gasteiger partial charge >= 0.3 is 11.9 Å². The van der Waals surface area contributed by atoms with Crippen LogP contribution in [0.4, 0.5) is 0 Å². The zero-order valence-corrected chi connectivity index (χ0v) is 27.5. The molecule has 1 atom stereocenters. The average Bonchev–Trinajstić information content (AvgIpc) is 2.92. The van der Waals surface area contributed by atoms with Crippen LogP contribution in [0.25, 0.3) is 0 Å². The molecule has 41 heavy (non-hydrogen) atoms. The number of ether oxygens (including phenoxy) is 2. The monoisotopic (exact) mass is 579 g/mol. The molecular weight excluding hydrogens is 514 g/mol. The van der Waals surface area contributed by atoms with Crippen molar-refractivity contribution in [2.24, 2.45) is 11.8 Å². The van der Waals surface area contributed by atoms with Crippen LogP contribution in [0.5, 0.6) is 0 Å². The molecule has 0 aromatic rings. The highest BCUT2D eigenvalue weighted by Crippen LogP contribution is 2.16. The summed E-state index contributed by atoms with van der Waals surface area (Å²) in [5, 5.41) is 2.56. The van der Waals surface area contributed by atoms with Crippen molar-refractivity contribution in [2.45, 2.75) is 169 Å². The van der Waals surface area contributed by atoms with Crippen molar-refractivity contribution >= 4 is 17.8 Å². The summed E-state index contributed by atoms with van der Waals surface area (Å²) in [6.45, 7) is 8.97. The summed E-state index contributed by atoms with van der Waals surface area (Å²) in [6.07, 6.45) is 26.7. The Hall–Kier alpha value is -1.85. The Kier molecular flexibility index (Phi) is 27.0. The van der Waals surface area contributed by atoms with Gasteiger partial charge in [-0.1, -0.05) is 130 Å². The van der Waals surface area contributed by atoms with Crippen LogP contribution in [0.15, 0.2) is 12.2 Å². The minimum Gasteiger partial charge on any atom is -0.468 e. The van der Waals surface area contributed by atoms with Crippen molar-refractivity contribution in [1.29, 1.82) is 0 Å². The summed E-state index contributed by atoms with van der Waals surface area (Å²) >= 11 is 0. The Bertz CT molecular complexity index is 673. The number of carbonyl (C=O) groups is 3. The number of unbranched alkanes of at least 4 members (excludes halogenated alkanes) is 13. The Morgan fingerprint density at radius 2 is 1.07 bits per heavy atom. The SMILES string of the molecule is COC(=O)CNC(=O)C[C@@H](CCCCCCCCCCCC(C)C)OC(=O)CC/C=C\CCCCCCCC(C)C. The number of nitrogens with one attached hydrogen (secondary N) is 1. The van der Waals surface area contributed by atoms with Crippen molar-refractivity contribution in [3.05, 3.63) is 12.2 Å². The predicted molar refractivity (Wildman–Crippen MR) is 171 cm³/mol. The van der Waals surface area contributed by atoms with Gasteiger partial charge in [-0.25, -0.2) is 0 Å². The summed E-state index contributed by atoms with van der Waals surface area (Å²) in [5.74, 6) is 0.558. The van der Waals surface area contributed by atoms with Crippen LogP contribution in [0.2, 0.25) is 0 Å². The molecule has 0 rings (SSSR count). The lowest BCUT2D eigenvalue weighted by Gasteiger charge is -2.17. The quantitative estimate of drug-likeness (QED) is 0.0567. The van der Waals surface area contributed by atoms with Crippen LogP contribution in [0.1, 0.15) is 163 Å². The predicted octanol–water partition coefficient (Wildman–Crippen LogP) is 9.25. The molecule has 240 valence electrons. The molecular formula is C35H65NO5. The highest BCUT2D eigenvalue weighted by Gasteiger charge is 2.18. The minimum absolute atomic E-state index is 0.0755. The molecule has 0 saturated carbocycles. The van der Waals surface area contributed by atoms with Crippen LogP contribution in [0.3, 0.4) is 0 Å². The summed E-state index contributed by atoms with van der Waals surface area (Å²) in [4.78, 5) is 36.2. The summed E-state index contributed by atoms with van der Waals surface area (Å²) in [7, 11) is 1.29. The number of hydrogen-bond acceptors (Lipinski definition) is 5. The van der Waals surface area contributed by atoms with Crippen LogP contribution in [-0.4, -0.2) is 37.6 Å². The fourth-order valence-electron chi connectivity index (χ4n) is 4.91. The van der Waals surface area contributed by atoms with E-state index in [2.05, 4.69) is 49.9 Å². The summed E-state index contributed by atoms with van der Waals surface area (Å²) in [5.41, 5.74) is 0. The zero-order chi connectivity index (χ0) is 30.6. The van der Waals surface area contributed by atoms with E-state index in [-0.39, 0.29) is 24.8 Å². The van der Waals surface area contributed by atoms with E-state index in [1.807, 2.05) is 0 Å². The maximum Gasteiger partial charge on any atom is 0.325 e. The molecule has 0 aliphatic carbocycles. The molecule has 0 aliphatic rings. The molecule has 1 N–H and O–H groups in total. The molecule has 0 aromatic heterocycles. The number of allylic oxidation sites excluding steroid dienone is 2. The topological polar surface area (TPSA) is 81.7 Å². The molecule has 6 nitrogen and oxygen atoms in total. The third kappa shape index (κ3) is 29.4. The van der Waals surface area contributed by atoms with Gasteiger partial charge in [0.25, 0.3) is 0 Å². The van der Waals surface area contributed by atoms with Crippen molar-refractivity contribution in [1.82, 2.24) is 5.32 Å². The molecule has 0 radical (unpaired) electrons. The fourth-order valence-corrected chi connectivity index (χ4v) is 4.91. The maximum absolute atomic E-state index is 12.5.